The number of rotatable bonds is 5. The van der Waals surface area contributed by atoms with Crippen LogP contribution in [0.3, 0.4) is 0 Å². The van der Waals surface area contributed by atoms with Crippen LogP contribution in [0.5, 0.6) is 0 Å². The first kappa shape index (κ1) is 13.3. The molecule has 6 nitrogen and oxygen atoms in total. The molecule has 1 aromatic carbocycles. The zero-order chi connectivity index (χ0) is 14.2. The van der Waals surface area contributed by atoms with E-state index in [9.17, 15) is 14.9 Å². The van der Waals surface area contributed by atoms with Gasteiger partial charge in [-0.1, -0.05) is 0 Å². The molecule has 1 saturated carbocycles. The normalized spacial score (nSPS) is 14.2. The van der Waals surface area contributed by atoms with E-state index in [1.807, 2.05) is 6.92 Å². The number of nitrogens with zero attached hydrogens (tertiary/aromatic N) is 2. The van der Waals surface area contributed by atoms with Gasteiger partial charge < -0.3 is 10.0 Å². The third-order valence-electron chi connectivity index (χ3n) is 3.43. The van der Waals surface area contributed by atoms with Gasteiger partial charge in [-0.15, -0.1) is 0 Å². The highest BCUT2D eigenvalue weighted by Gasteiger charge is 2.31. The first-order valence-corrected chi connectivity index (χ1v) is 6.24. The number of nitro groups is 1. The van der Waals surface area contributed by atoms with Crippen molar-refractivity contribution in [3.63, 3.8) is 0 Å². The van der Waals surface area contributed by atoms with Gasteiger partial charge in [0.25, 0.3) is 5.69 Å². The first-order valence-electron chi connectivity index (χ1n) is 6.24. The molecule has 0 aliphatic heterocycles. The highest BCUT2D eigenvalue weighted by molar-refractivity contribution is 5.90. The first-order chi connectivity index (χ1) is 8.95. The van der Waals surface area contributed by atoms with Crippen molar-refractivity contribution in [2.45, 2.75) is 32.7 Å². The largest absolute Gasteiger partial charge is 0.478 e. The van der Waals surface area contributed by atoms with Gasteiger partial charge >= 0.3 is 5.97 Å². The summed E-state index contributed by atoms with van der Waals surface area (Å²) in [4.78, 5) is 23.7. The summed E-state index contributed by atoms with van der Waals surface area (Å²) in [6.45, 7) is 4.35. The molecule has 1 aliphatic rings. The van der Waals surface area contributed by atoms with Crippen LogP contribution in [0, 0.1) is 17.0 Å². The summed E-state index contributed by atoms with van der Waals surface area (Å²) in [5, 5.41) is 20.1. The van der Waals surface area contributed by atoms with Crippen LogP contribution in [-0.2, 0) is 0 Å². The Morgan fingerprint density at radius 1 is 1.53 bits per heavy atom. The van der Waals surface area contributed by atoms with Crippen LogP contribution in [0.1, 0.15) is 35.7 Å². The quantitative estimate of drug-likeness (QED) is 0.652. The van der Waals surface area contributed by atoms with Crippen LogP contribution in [0.2, 0.25) is 0 Å². The molecule has 0 heterocycles. The lowest BCUT2D eigenvalue weighted by Crippen LogP contribution is -2.26. The van der Waals surface area contributed by atoms with Gasteiger partial charge in [-0.2, -0.15) is 0 Å². The number of hydrogen-bond acceptors (Lipinski definition) is 4. The Hall–Kier alpha value is -2.11. The molecule has 2 rings (SSSR count). The second kappa shape index (κ2) is 4.87. The molecule has 0 bridgehead atoms. The van der Waals surface area contributed by atoms with E-state index in [1.165, 1.54) is 6.07 Å². The highest BCUT2D eigenvalue weighted by Crippen LogP contribution is 2.37. The van der Waals surface area contributed by atoms with Crippen molar-refractivity contribution in [2.24, 2.45) is 0 Å². The average molecular weight is 264 g/mol. The Morgan fingerprint density at radius 3 is 2.58 bits per heavy atom. The number of carboxylic acids is 1. The fraction of sp³-hybridized carbons (Fsp3) is 0.462. The van der Waals surface area contributed by atoms with Gasteiger partial charge in [-0.25, -0.2) is 4.79 Å². The Labute approximate surface area is 110 Å². The molecule has 0 atom stereocenters. The van der Waals surface area contributed by atoms with E-state index in [1.54, 1.807) is 6.92 Å². The zero-order valence-electron chi connectivity index (χ0n) is 10.9. The van der Waals surface area contributed by atoms with Crippen LogP contribution < -0.4 is 4.90 Å². The van der Waals surface area contributed by atoms with Crippen molar-refractivity contribution in [3.8, 4) is 0 Å². The van der Waals surface area contributed by atoms with Gasteiger partial charge in [0.15, 0.2) is 0 Å². The zero-order valence-corrected chi connectivity index (χ0v) is 10.9. The van der Waals surface area contributed by atoms with Crippen LogP contribution in [0.4, 0.5) is 11.4 Å². The lowest BCUT2D eigenvalue weighted by Gasteiger charge is -2.25. The second-order valence-electron chi connectivity index (χ2n) is 4.72. The molecule has 1 N–H and O–H groups in total. The molecular weight excluding hydrogens is 248 g/mol. The summed E-state index contributed by atoms with van der Waals surface area (Å²) >= 11 is 0. The Bertz CT molecular complexity index is 538. The van der Waals surface area contributed by atoms with E-state index in [2.05, 4.69) is 4.90 Å². The molecule has 1 aliphatic carbocycles. The van der Waals surface area contributed by atoms with Crippen molar-refractivity contribution in [2.75, 3.05) is 11.4 Å². The summed E-state index contributed by atoms with van der Waals surface area (Å²) in [6.07, 6.45) is 2.11. The molecule has 102 valence electrons. The topological polar surface area (TPSA) is 83.7 Å². The summed E-state index contributed by atoms with van der Waals surface area (Å²) in [7, 11) is 0. The maximum absolute atomic E-state index is 11.1. The smallest absolute Gasteiger partial charge is 0.336 e. The van der Waals surface area contributed by atoms with Crippen LogP contribution in [-0.4, -0.2) is 28.6 Å². The number of nitro benzene ring substituents is 1. The lowest BCUT2D eigenvalue weighted by molar-refractivity contribution is -0.385. The fourth-order valence-corrected chi connectivity index (χ4v) is 2.31. The molecular formula is C13H16N2O4. The summed E-state index contributed by atoms with van der Waals surface area (Å²) in [6, 6.07) is 3.04. The van der Waals surface area contributed by atoms with E-state index >= 15 is 0 Å². The van der Waals surface area contributed by atoms with Gasteiger partial charge in [0, 0.05) is 24.3 Å². The summed E-state index contributed by atoms with van der Waals surface area (Å²) in [5.74, 6) is -1.14. The molecule has 1 fully saturated rings. The number of anilines is 1. The molecule has 0 aromatic heterocycles. The monoisotopic (exact) mass is 264 g/mol. The number of carboxylic acid groups (broad SMARTS) is 1. The lowest BCUT2D eigenvalue weighted by atomic mass is 10.1. The average Bonchev–Trinajstić information content (AvgIpc) is 3.15. The minimum Gasteiger partial charge on any atom is -0.478 e. The SMILES string of the molecule is CCN(c1cc(C(=O)O)cc([N+](=O)[O-])c1C)C1CC1. The third kappa shape index (κ3) is 2.52. The highest BCUT2D eigenvalue weighted by atomic mass is 16.6. The molecule has 0 radical (unpaired) electrons. The Morgan fingerprint density at radius 2 is 2.16 bits per heavy atom. The summed E-state index contributed by atoms with van der Waals surface area (Å²) < 4.78 is 0. The van der Waals surface area contributed by atoms with E-state index in [-0.39, 0.29) is 11.3 Å². The van der Waals surface area contributed by atoms with Crippen molar-refractivity contribution in [1.82, 2.24) is 0 Å². The van der Waals surface area contributed by atoms with E-state index in [4.69, 9.17) is 5.11 Å². The predicted molar refractivity (Wildman–Crippen MR) is 70.8 cm³/mol. The number of benzene rings is 1. The van der Waals surface area contributed by atoms with Gasteiger partial charge in [0.2, 0.25) is 0 Å². The Kier molecular flexibility index (Phi) is 3.42. The van der Waals surface area contributed by atoms with Gasteiger partial charge in [-0.05, 0) is 32.8 Å². The van der Waals surface area contributed by atoms with Crippen LogP contribution in [0.25, 0.3) is 0 Å². The minimum absolute atomic E-state index is 0.0357. The Balaban J connectivity index is 2.57. The molecule has 19 heavy (non-hydrogen) atoms. The number of hydrogen-bond donors (Lipinski definition) is 1. The number of aromatic carboxylic acids is 1. The van der Waals surface area contributed by atoms with Crippen molar-refractivity contribution in [3.05, 3.63) is 33.4 Å². The molecule has 6 heteroatoms. The maximum Gasteiger partial charge on any atom is 0.336 e. The van der Waals surface area contributed by atoms with Crippen molar-refractivity contribution >= 4 is 17.3 Å². The van der Waals surface area contributed by atoms with E-state index in [0.29, 0.717) is 23.8 Å². The molecule has 1 aromatic rings. The van der Waals surface area contributed by atoms with Gasteiger partial charge in [0.1, 0.15) is 0 Å². The van der Waals surface area contributed by atoms with Gasteiger partial charge in [-0.3, -0.25) is 10.1 Å². The standard InChI is InChI=1S/C13H16N2O4/c1-3-14(10-4-5-10)11-6-9(13(16)17)7-12(8(11)2)15(18)19/h6-7,10H,3-5H2,1-2H3,(H,16,17). The molecule has 0 saturated heterocycles. The van der Waals surface area contributed by atoms with Crippen molar-refractivity contribution < 1.29 is 14.8 Å². The van der Waals surface area contributed by atoms with Crippen LogP contribution >= 0.6 is 0 Å². The minimum atomic E-state index is -1.14. The van der Waals surface area contributed by atoms with Gasteiger partial charge in [0.05, 0.1) is 16.1 Å². The van der Waals surface area contributed by atoms with Crippen molar-refractivity contribution in [1.29, 1.82) is 0 Å². The number of carbonyl (C=O) groups is 1. The predicted octanol–water partition coefficient (Wildman–Crippen LogP) is 2.59. The summed E-state index contributed by atoms with van der Waals surface area (Å²) in [5.41, 5.74) is 1.03. The molecule has 0 spiro atoms. The van der Waals surface area contributed by atoms with E-state index in [0.717, 1.165) is 18.9 Å². The molecule has 0 amide bonds. The molecule has 0 unspecified atom stereocenters. The second-order valence-corrected chi connectivity index (χ2v) is 4.72. The fourth-order valence-electron chi connectivity index (χ4n) is 2.31. The maximum atomic E-state index is 11.1. The third-order valence-corrected chi connectivity index (χ3v) is 3.43. The van der Waals surface area contributed by atoms with E-state index < -0.39 is 10.9 Å². The van der Waals surface area contributed by atoms with Crippen LogP contribution in [0.15, 0.2) is 12.1 Å².